The maximum Gasteiger partial charge on any atom is 0.236 e. The van der Waals surface area contributed by atoms with Crippen molar-refractivity contribution >= 4 is 76.2 Å². The summed E-state index contributed by atoms with van der Waals surface area (Å²) in [5.74, 6) is 0.669. The maximum absolute atomic E-state index is 6.73. The van der Waals surface area contributed by atoms with Crippen LogP contribution in [0.4, 0.5) is 0 Å². The molecule has 1 saturated carbocycles. The number of hydrogen-bond acceptors (Lipinski definition) is 3. The quantitative estimate of drug-likeness (QED) is 0.179. The molecule has 0 atom stereocenters. The minimum Gasteiger partial charge on any atom is -0.452 e. The Morgan fingerprint density at radius 1 is 0.500 bits per heavy atom. The van der Waals surface area contributed by atoms with E-state index in [2.05, 4.69) is 144 Å². The Morgan fingerprint density at radius 2 is 1.16 bits per heavy atom. The van der Waals surface area contributed by atoms with Crippen molar-refractivity contribution < 1.29 is 4.42 Å². The van der Waals surface area contributed by atoms with Crippen LogP contribution < -0.4 is 0 Å². The summed E-state index contributed by atoms with van der Waals surface area (Å²) in [6, 6.07) is 55.2. The number of nitrogens with zero attached hydrogens (tertiary/aromatic N) is 3. The molecule has 8 aromatic carbocycles. The SMILES string of the molecule is c1ccc2c(c1)-c1c(c3c(c4ccccc14)c1ccc4ccccc4c1n3-c1nc(-c3cccc4ccccc34)c3oc4ccccc4c3n1)C21CCCCC1. The molecule has 2 aliphatic carbocycles. The number of fused-ring (bicyclic) bond motifs is 18. The van der Waals surface area contributed by atoms with Gasteiger partial charge in [0.25, 0.3) is 0 Å². The fourth-order valence-corrected chi connectivity index (χ4v) is 10.9. The molecule has 56 heavy (non-hydrogen) atoms. The van der Waals surface area contributed by atoms with Gasteiger partial charge in [-0.1, -0.05) is 159 Å². The zero-order chi connectivity index (χ0) is 36.5. The van der Waals surface area contributed by atoms with Gasteiger partial charge < -0.3 is 4.42 Å². The first-order valence-corrected chi connectivity index (χ1v) is 20.0. The Kier molecular flexibility index (Phi) is 6.08. The molecule has 3 heterocycles. The highest BCUT2D eigenvalue weighted by Crippen LogP contribution is 2.61. The molecular formula is C52H35N3O. The number of rotatable bonds is 2. The van der Waals surface area contributed by atoms with Crippen LogP contribution in [0.2, 0.25) is 0 Å². The van der Waals surface area contributed by atoms with Gasteiger partial charge >= 0.3 is 0 Å². The van der Waals surface area contributed by atoms with Crippen LogP contribution in [-0.4, -0.2) is 14.5 Å². The second-order valence-corrected chi connectivity index (χ2v) is 15.9. The van der Waals surface area contributed by atoms with Crippen molar-refractivity contribution in [2.24, 2.45) is 0 Å². The van der Waals surface area contributed by atoms with Crippen molar-refractivity contribution in [3.63, 3.8) is 0 Å². The standard InChI is InChI=1S/C52H35N3O/c1-12-29-52(30-13-1)41-25-10-8-22-38(41)43-35-20-6-7-21-36(35)44-40-28-27-32-16-3-5-19-34(32)48(40)55(49(44)45(43)52)51-53-46(37-24-14-17-31-15-2-4-18-33(31)37)50-47(54-51)39-23-9-11-26-42(39)56-50/h2-11,14-28H,1,12-13,29-30H2. The van der Waals surface area contributed by atoms with E-state index >= 15 is 0 Å². The number of aromatic nitrogens is 3. The first-order valence-electron chi connectivity index (χ1n) is 20.0. The van der Waals surface area contributed by atoms with Crippen molar-refractivity contribution in [1.82, 2.24) is 14.5 Å². The molecule has 0 radical (unpaired) electrons. The lowest BCUT2D eigenvalue weighted by Crippen LogP contribution is -2.28. The molecule has 13 rings (SSSR count). The lowest BCUT2D eigenvalue weighted by molar-refractivity contribution is 0.354. The number of benzene rings is 8. The largest absolute Gasteiger partial charge is 0.452 e. The van der Waals surface area contributed by atoms with Gasteiger partial charge in [-0.05, 0) is 74.2 Å². The molecule has 4 heteroatoms. The lowest BCUT2D eigenvalue weighted by atomic mass is 9.67. The Bertz CT molecular complexity index is 3470. The van der Waals surface area contributed by atoms with Crippen LogP contribution in [0.15, 0.2) is 156 Å². The third kappa shape index (κ3) is 3.88. The van der Waals surface area contributed by atoms with Crippen molar-refractivity contribution in [2.45, 2.75) is 37.5 Å². The van der Waals surface area contributed by atoms with Gasteiger partial charge in [0.15, 0.2) is 5.58 Å². The van der Waals surface area contributed by atoms with Gasteiger partial charge in [0.2, 0.25) is 5.95 Å². The average Bonchev–Trinajstić information content (AvgIpc) is 3.90. The zero-order valence-corrected chi connectivity index (χ0v) is 30.7. The molecule has 0 bridgehead atoms. The highest BCUT2D eigenvalue weighted by Gasteiger charge is 2.47. The minimum atomic E-state index is -0.112. The van der Waals surface area contributed by atoms with Gasteiger partial charge in [0, 0.05) is 32.5 Å². The second kappa shape index (κ2) is 11.1. The normalized spacial score (nSPS) is 14.9. The Hall–Kier alpha value is -6.78. The Morgan fingerprint density at radius 3 is 2.02 bits per heavy atom. The van der Waals surface area contributed by atoms with E-state index in [1.807, 2.05) is 12.1 Å². The summed E-state index contributed by atoms with van der Waals surface area (Å²) in [6.07, 6.45) is 5.94. The summed E-state index contributed by atoms with van der Waals surface area (Å²) >= 11 is 0. The summed E-state index contributed by atoms with van der Waals surface area (Å²) in [7, 11) is 0. The maximum atomic E-state index is 6.73. The molecule has 0 unspecified atom stereocenters. The van der Waals surface area contributed by atoms with E-state index < -0.39 is 0 Å². The van der Waals surface area contributed by atoms with Crippen LogP contribution in [0.1, 0.15) is 43.2 Å². The first-order chi connectivity index (χ1) is 27.8. The average molecular weight is 718 g/mol. The number of hydrogen-bond donors (Lipinski definition) is 0. The van der Waals surface area contributed by atoms with Gasteiger partial charge in [-0.25, -0.2) is 9.97 Å². The van der Waals surface area contributed by atoms with Crippen LogP contribution in [0.3, 0.4) is 0 Å². The Labute approximate surface area is 322 Å². The number of para-hydroxylation sites is 1. The summed E-state index contributed by atoms with van der Waals surface area (Å²) in [6.45, 7) is 0. The molecule has 0 aliphatic heterocycles. The molecular weight excluding hydrogens is 683 g/mol. The molecule has 4 nitrogen and oxygen atoms in total. The summed E-state index contributed by atoms with van der Waals surface area (Å²) in [5.41, 5.74) is 12.1. The van der Waals surface area contributed by atoms with Gasteiger partial charge in [0.05, 0.1) is 11.0 Å². The first kappa shape index (κ1) is 30.5. The minimum absolute atomic E-state index is 0.112. The molecule has 0 saturated heterocycles. The fraction of sp³-hybridized carbons (Fsp3) is 0.115. The molecule has 0 amide bonds. The van der Waals surface area contributed by atoms with Crippen molar-refractivity contribution in [3.05, 3.63) is 163 Å². The van der Waals surface area contributed by atoms with Gasteiger partial charge in [-0.2, -0.15) is 0 Å². The van der Waals surface area contributed by atoms with Gasteiger partial charge in [-0.15, -0.1) is 0 Å². The predicted molar refractivity (Wildman–Crippen MR) is 231 cm³/mol. The van der Waals surface area contributed by atoms with E-state index in [9.17, 15) is 0 Å². The van der Waals surface area contributed by atoms with Crippen LogP contribution >= 0.6 is 0 Å². The molecule has 3 aromatic heterocycles. The van der Waals surface area contributed by atoms with Crippen molar-refractivity contribution in [2.75, 3.05) is 0 Å². The fourth-order valence-electron chi connectivity index (χ4n) is 10.9. The third-order valence-electron chi connectivity index (χ3n) is 13.2. The van der Waals surface area contributed by atoms with Crippen LogP contribution in [0.5, 0.6) is 0 Å². The predicted octanol–water partition coefficient (Wildman–Crippen LogP) is 13.8. The van der Waals surface area contributed by atoms with E-state index in [0.717, 1.165) is 51.5 Å². The molecule has 0 N–H and O–H groups in total. The van der Waals surface area contributed by atoms with E-state index in [4.69, 9.17) is 14.4 Å². The lowest BCUT2D eigenvalue weighted by Gasteiger charge is -2.36. The topological polar surface area (TPSA) is 43.9 Å². The van der Waals surface area contributed by atoms with Crippen LogP contribution in [0, 0.1) is 0 Å². The zero-order valence-electron chi connectivity index (χ0n) is 30.7. The summed E-state index contributed by atoms with van der Waals surface area (Å²) < 4.78 is 9.20. The van der Waals surface area contributed by atoms with E-state index in [-0.39, 0.29) is 5.41 Å². The molecule has 11 aromatic rings. The molecule has 264 valence electrons. The van der Waals surface area contributed by atoms with E-state index in [0.29, 0.717) is 11.5 Å². The monoisotopic (exact) mass is 717 g/mol. The summed E-state index contributed by atoms with van der Waals surface area (Å²) in [4.78, 5) is 11.3. The highest BCUT2D eigenvalue weighted by atomic mass is 16.3. The highest BCUT2D eigenvalue weighted by molar-refractivity contribution is 6.30. The molecule has 1 fully saturated rings. The summed E-state index contributed by atoms with van der Waals surface area (Å²) in [5, 5.41) is 10.8. The van der Waals surface area contributed by atoms with E-state index in [1.54, 1.807) is 0 Å². The third-order valence-corrected chi connectivity index (χ3v) is 13.2. The van der Waals surface area contributed by atoms with Gasteiger partial charge in [-0.3, -0.25) is 4.57 Å². The van der Waals surface area contributed by atoms with E-state index in [1.165, 1.54) is 84.7 Å². The van der Waals surface area contributed by atoms with Gasteiger partial charge in [0.1, 0.15) is 16.8 Å². The number of furan rings is 1. The smallest absolute Gasteiger partial charge is 0.236 e. The Balaban J connectivity index is 1.29. The van der Waals surface area contributed by atoms with Crippen molar-refractivity contribution in [3.8, 4) is 28.3 Å². The van der Waals surface area contributed by atoms with Crippen molar-refractivity contribution in [1.29, 1.82) is 0 Å². The molecule has 2 aliphatic rings. The second-order valence-electron chi connectivity index (χ2n) is 15.9. The van der Waals surface area contributed by atoms with Crippen LogP contribution in [0.25, 0.3) is 105 Å². The molecule has 1 spiro atoms. The van der Waals surface area contributed by atoms with Crippen LogP contribution in [-0.2, 0) is 5.41 Å².